The molecule has 1 aromatic heterocycles. The Morgan fingerprint density at radius 1 is 0.938 bits per heavy atom. The molecule has 0 fully saturated rings. The third-order valence-corrected chi connectivity index (χ3v) is 7.25. The monoisotopic (exact) mass is 666 g/mol. The number of amides is 1. The van der Waals surface area contributed by atoms with Gasteiger partial charge in [0.25, 0.3) is 5.91 Å². The van der Waals surface area contributed by atoms with Crippen LogP contribution in [-0.4, -0.2) is 61.0 Å². The predicted molar refractivity (Wildman–Crippen MR) is 166 cm³/mol. The summed E-state index contributed by atoms with van der Waals surface area (Å²) >= 11 is 0. The number of carbonyl (C=O) groups is 3. The summed E-state index contributed by atoms with van der Waals surface area (Å²) in [6, 6.07) is 19.3. The number of allylic oxidation sites excluding steroid dienone is 1. The quantitative estimate of drug-likeness (QED) is 0.0838. The molecule has 3 N–H and O–H groups in total. The van der Waals surface area contributed by atoms with Crippen molar-refractivity contribution in [3.63, 3.8) is 0 Å². The van der Waals surface area contributed by atoms with Gasteiger partial charge in [0.15, 0.2) is 5.76 Å². The highest BCUT2D eigenvalue weighted by atomic mass is 19.4. The Labute approximate surface area is 271 Å². The molecule has 48 heavy (non-hydrogen) atoms. The second-order valence-electron chi connectivity index (χ2n) is 10.6. The van der Waals surface area contributed by atoms with Gasteiger partial charge in [0.1, 0.15) is 12.4 Å². The first-order valence-electron chi connectivity index (χ1n) is 14.8. The van der Waals surface area contributed by atoms with Crippen molar-refractivity contribution in [1.82, 2.24) is 20.8 Å². The molecule has 4 aromatic rings. The number of hydrogen-bond acceptors (Lipinski definition) is 8. The summed E-state index contributed by atoms with van der Waals surface area (Å²) in [5.74, 6) is -3.03. The molecule has 2 heterocycles. The number of likely N-dealkylation sites (N-methyl/N-ethyl adjacent to an activating group) is 1. The third-order valence-electron chi connectivity index (χ3n) is 7.25. The lowest BCUT2D eigenvalue weighted by molar-refractivity contribution is -0.151. The lowest BCUT2D eigenvalue weighted by atomic mass is 9.87. The molecule has 250 valence electrons. The summed E-state index contributed by atoms with van der Waals surface area (Å²) in [5, 5.41) is 11.6. The van der Waals surface area contributed by atoms with Crippen LogP contribution in [0, 0.1) is 5.95 Å². The molecule has 1 aliphatic heterocycles. The van der Waals surface area contributed by atoms with Gasteiger partial charge in [-0.2, -0.15) is 22.7 Å². The van der Waals surface area contributed by atoms with E-state index >= 15 is 0 Å². The van der Waals surface area contributed by atoms with Crippen LogP contribution in [0.2, 0.25) is 0 Å². The number of carbonyl (C=O) groups excluding carboxylic acids is 3. The molecule has 5 rings (SSSR count). The summed E-state index contributed by atoms with van der Waals surface area (Å²) in [4.78, 5) is 36.1. The molecular formula is C34H30F4N4O6. The van der Waals surface area contributed by atoms with Crippen LogP contribution in [0.15, 0.2) is 84.3 Å². The zero-order chi connectivity index (χ0) is 34.3. The number of nitrogens with one attached hydrogen (secondary N) is 3. The maximum Gasteiger partial charge on any atom is 0.393 e. The molecule has 0 aliphatic carbocycles. The molecule has 14 heteroatoms. The Bertz CT molecular complexity index is 1870. The van der Waals surface area contributed by atoms with Gasteiger partial charge in [-0.1, -0.05) is 48.5 Å². The first kappa shape index (κ1) is 33.9. The van der Waals surface area contributed by atoms with Crippen LogP contribution in [0.25, 0.3) is 22.0 Å². The van der Waals surface area contributed by atoms with E-state index in [1.165, 1.54) is 13.1 Å². The Morgan fingerprint density at radius 3 is 2.31 bits per heavy atom. The van der Waals surface area contributed by atoms with Crippen molar-refractivity contribution in [3.8, 4) is 5.75 Å². The fourth-order valence-electron chi connectivity index (χ4n) is 5.05. The lowest BCUT2D eigenvalue weighted by Crippen LogP contribution is -2.32. The van der Waals surface area contributed by atoms with Crippen molar-refractivity contribution in [1.29, 1.82) is 0 Å². The number of ether oxygens (including phenoxy) is 3. The summed E-state index contributed by atoms with van der Waals surface area (Å²) < 4.78 is 72.5. The van der Waals surface area contributed by atoms with Crippen LogP contribution in [0.3, 0.4) is 0 Å². The van der Waals surface area contributed by atoms with Gasteiger partial charge in [-0.05, 0) is 52.1 Å². The van der Waals surface area contributed by atoms with Crippen LogP contribution in [0.4, 0.5) is 17.6 Å². The standard InChI is InChI=1S/C34H30F4N4O6/c1-39-33(45)31-27(47-28(43)13-14-29(44)48-31)19-40-15-16-46-23-10-7-21(8-11-23)30(22-9-12-26-24(17-22)32(35)42-41-26)25(18-34(36,37)38)20-5-3-2-4-6-20/h2-12,17,40H,13-16,18-19H2,1H3,(H,39,45)(H,41,42)/b30-25+,31-27+. The van der Waals surface area contributed by atoms with Crippen LogP contribution in [-0.2, 0) is 23.9 Å². The molecule has 0 atom stereocenters. The molecule has 0 saturated carbocycles. The van der Waals surface area contributed by atoms with E-state index in [1.807, 2.05) is 0 Å². The van der Waals surface area contributed by atoms with Gasteiger partial charge in [0.05, 0.1) is 36.7 Å². The van der Waals surface area contributed by atoms with Crippen molar-refractivity contribution in [3.05, 3.63) is 107 Å². The number of nitrogens with zero attached hydrogens (tertiary/aromatic N) is 1. The first-order chi connectivity index (χ1) is 23.0. The number of halogens is 4. The van der Waals surface area contributed by atoms with Gasteiger partial charge in [-0.3, -0.25) is 19.5 Å². The maximum absolute atomic E-state index is 14.5. The van der Waals surface area contributed by atoms with Crippen molar-refractivity contribution in [2.24, 2.45) is 0 Å². The van der Waals surface area contributed by atoms with Crippen molar-refractivity contribution in [2.75, 3.05) is 26.7 Å². The summed E-state index contributed by atoms with van der Waals surface area (Å²) in [7, 11) is 1.34. The largest absolute Gasteiger partial charge is 0.492 e. The average molecular weight is 667 g/mol. The van der Waals surface area contributed by atoms with E-state index in [1.54, 1.807) is 66.7 Å². The normalized spacial score (nSPS) is 16.0. The lowest BCUT2D eigenvalue weighted by Gasteiger charge is -2.19. The molecule has 0 unspecified atom stereocenters. The number of cyclic esters (lactones) is 2. The summed E-state index contributed by atoms with van der Waals surface area (Å²) in [6.45, 7) is 0.197. The van der Waals surface area contributed by atoms with Gasteiger partial charge in [0.2, 0.25) is 11.7 Å². The van der Waals surface area contributed by atoms with Crippen molar-refractivity contribution in [2.45, 2.75) is 25.4 Å². The molecule has 1 aliphatic rings. The van der Waals surface area contributed by atoms with Crippen LogP contribution < -0.4 is 15.4 Å². The van der Waals surface area contributed by atoms with Crippen molar-refractivity contribution >= 4 is 39.9 Å². The van der Waals surface area contributed by atoms with E-state index in [2.05, 4.69) is 20.8 Å². The molecule has 0 bridgehead atoms. The zero-order valence-electron chi connectivity index (χ0n) is 25.6. The summed E-state index contributed by atoms with van der Waals surface area (Å²) in [6.07, 6.45) is -6.19. The fraction of sp³-hybridized carbons (Fsp3) is 0.235. The highest BCUT2D eigenvalue weighted by molar-refractivity contribution is 6.00. The number of alkyl halides is 3. The molecule has 0 saturated heterocycles. The number of fused-ring (bicyclic) bond motifs is 1. The van der Waals surface area contributed by atoms with E-state index in [-0.39, 0.29) is 54.8 Å². The number of rotatable bonds is 11. The van der Waals surface area contributed by atoms with Crippen molar-refractivity contribution < 1.29 is 46.2 Å². The molecule has 0 spiro atoms. The fourth-order valence-corrected chi connectivity index (χ4v) is 5.05. The second kappa shape index (κ2) is 14.9. The predicted octanol–water partition coefficient (Wildman–Crippen LogP) is 5.42. The number of H-pyrrole nitrogens is 1. The molecule has 0 radical (unpaired) electrons. The minimum atomic E-state index is -4.54. The van der Waals surface area contributed by atoms with E-state index in [0.717, 1.165) is 0 Å². The van der Waals surface area contributed by atoms with Crippen LogP contribution in [0.1, 0.15) is 36.0 Å². The topological polar surface area (TPSA) is 132 Å². The van der Waals surface area contributed by atoms with Gasteiger partial charge >= 0.3 is 18.1 Å². The van der Waals surface area contributed by atoms with Crippen LogP contribution in [0.5, 0.6) is 5.75 Å². The van der Waals surface area contributed by atoms with Crippen LogP contribution >= 0.6 is 0 Å². The van der Waals surface area contributed by atoms with E-state index in [9.17, 15) is 31.9 Å². The minimum Gasteiger partial charge on any atom is -0.492 e. The van der Waals surface area contributed by atoms with Gasteiger partial charge in [0, 0.05) is 13.6 Å². The molecule has 3 aromatic carbocycles. The van der Waals surface area contributed by atoms with E-state index < -0.39 is 42.1 Å². The Hall–Kier alpha value is -5.50. The number of aromatic amines is 1. The smallest absolute Gasteiger partial charge is 0.393 e. The van der Waals surface area contributed by atoms with E-state index in [0.29, 0.717) is 28.0 Å². The molecular weight excluding hydrogens is 636 g/mol. The molecule has 1 amide bonds. The highest BCUT2D eigenvalue weighted by Gasteiger charge is 2.32. The number of benzene rings is 3. The SMILES string of the molecule is CNC(=O)/C1=C(/CNCCOc2ccc(/C(=C(/CC(F)(F)F)c3ccccc3)c3ccc4n[nH]c(F)c4c3)cc2)OC(=O)CCC(=O)O1. The Balaban J connectivity index is 1.36. The van der Waals surface area contributed by atoms with Gasteiger partial charge < -0.3 is 24.8 Å². The molecule has 10 nitrogen and oxygen atoms in total. The number of esters is 2. The maximum atomic E-state index is 14.5. The Morgan fingerprint density at radius 2 is 1.62 bits per heavy atom. The van der Waals surface area contributed by atoms with Gasteiger partial charge in [-0.25, -0.2) is 0 Å². The third kappa shape index (κ3) is 8.45. The average Bonchev–Trinajstić information content (AvgIpc) is 3.44. The Kier molecular flexibility index (Phi) is 10.5. The number of aromatic nitrogens is 2. The first-order valence-corrected chi connectivity index (χ1v) is 14.8. The van der Waals surface area contributed by atoms with Gasteiger partial charge in [-0.15, -0.1) is 0 Å². The zero-order valence-corrected chi connectivity index (χ0v) is 25.6. The highest BCUT2D eigenvalue weighted by Crippen LogP contribution is 2.40. The number of hydrogen-bond donors (Lipinski definition) is 3. The van der Waals surface area contributed by atoms with E-state index in [4.69, 9.17) is 14.2 Å². The summed E-state index contributed by atoms with van der Waals surface area (Å²) in [5.41, 5.74) is 1.79. The minimum absolute atomic E-state index is 0.00949. The second-order valence-corrected chi connectivity index (χ2v) is 10.6.